The third-order valence-electron chi connectivity index (χ3n) is 4.03. The van der Waals surface area contributed by atoms with Crippen molar-refractivity contribution in [2.45, 2.75) is 24.3 Å². The van der Waals surface area contributed by atoms with Crippen LogP contribution in [0, 0.1) is 0 Å². The minimum absolute atomic E-state index is 0.0263. The second kappa shape index (κ2) is 7.51. The summed E-state index contributed by atoms with van der Waals surface area (Å²) in [4.78, 5) is 16.4. The number of hydrogen-bond acceptors (Lipinski definition) is 4. The predicted molar refractivity (Wildman–Crippen MR) is 94.9 cm³/mol. The van der Waals surface area contributed by atoms with E-state index in [1.54, 1.807) is 18.3 Å². The van der Waals surface area contributed by atoms with Crippen LogP contribution in [0.3, 0.4) is 0 Å². The van der Waals surface area contributed by atoms with Crippen LogP contribution in [0.5, 0.6) is 0 Å². The molecule has 0 spiro atoms. The number of rotatable bonds is 5. The number of hydrogen-bond donors (Lipinski definition) is 1. The lowest BCUT2D eigenvalue weighted by Crippen LogP contribution is -2.29. The molecule has 2 aromatic rings. The van der Waals surface area contributed by atoms with Gasteiger partial charge in [-0.1, -0.05) is 17.7 Å². The fourth-order valence-electron chi connectivity index (χ4n) is 2.69. The number of nitrogens with zero attached hydrogens (tertiary/aromatic N) is 2. The van der Waals surface area contributed by atoms with Crippen LogP contribution in [0.25, 0.3) is 0 Å². The van der Waals surface area contributed by atoms with Crippen LogP contribution in [0.4, 0.5) is 0 Å². The van der Waals surface area contributed by atoms with Crippen molar-refractivity contribution in [3.05, 3.63) is 58.9 Å². The Morgan fingerprint density at radius 1 is 1.20 bits per heavy atom. The summed E-state index contributed by atoms with van der Waals surface area (Å²) in [5.74, 6) is -0.375. The minimum Gasteiger partial charge on any atom is -0.346 e. The van der Waals surface area contributed by atoms with E-state index in [1.165, 1.54) is 22.5 Å². The summed E-state index contributed by atoms with van der Waals surface area (Å²) in [5.41, 5.74) is 0.966. The largest absolute Gasteiger partial charge is 0.346 e. The van der Waals surface area contributed by atoms with Gasteiger partial charge in [-0.15, -0.1) is 0 Å². The molecule has 1 aromatic heterocycles. The molecule has 0 saturated carbocycles. The van der Waals surface area contributed by atoms with E-state index in [4.69, 9.17) is 11.6 Å². The van der Waals surface area contributed by atoms with Crippen molar-refractivity contribution in [1.82, 2.24) is 14.6 Å². The van der Waals surface area contributed by atoms with Gasteiger partial charge in [-0.05, 0) is 43.2 Å². The number of amides is 1. The van der Waals surface area contributed by atoms with Crippen molar-refractivity contribution in [3.8, 4) is 0 Å². The first-order chi connectivity index (χ1) is 12.0. The SMILES string of the molecule is O=C(NCc1ccccn1)c1ccc(Cl)c(S(=O)(=O)N2CCCC2)c1. The van der Waals surface area contributed by atoms with Crippen LogP contribution in [0.2, 0.25) is 5.02 Å². The molecule has 0 aliphatic carbocycles. The zero-order valence-corrected chi connectivity index (χ0v) is 15.1. The van der Waals surface area contributed by atoms with Crippen molar-refractivity contribution < 1.29 is 13.2 Å². The molecular formula is C17H18ClN3O3S. The van der Waals surface area contributed by atoms with Crippen LogP contribution in [0.15, 0.2) is 47.5 Å². The molecule has 1 amide bonds. The number of carbonyl (C=O) groups excluding carboxylic acids is 1. The second-order valence-electron chi connectivity index (χ2n) is 5.76. The van der Waals surface area contributed by atoms with Gasteiger partial charge in [-0.3, -0.25) is 9.78 Å². The Kier molecular flexibility index (Phi) is 5.36. The van der Waals surface area contributed by atoms with E-state index >= 15 is 0 Å². The van der Waals surface area contributed by atoms with Crippen LogP contribution >= 0.6 is 11.6 Å². The zero-order chi connectivity index (χ0) is 17.9. The molecule has 2 heterocycles. The molecular weight excluding hydrogens is 362 g/mol. The van der Waals surface area contributed by atoms with Crippen molar-refractivity contribution in [1.29, 1.82) is 0 Å². The number of pyridine rings is 1. The van der Waals surface area contributed by atoms with Crippen molar-refractivity contribution in [2.75, 3.05) is 13.1 Å². The van der Waals surface area contributed by atoms with Gasteiger partial charge >= 0.3 is 0 Å². The Morgan fingerprint density at radius 2 is 1.96 bits per heavy atom. The molecule has 0 bridgehead atoms. The quantitative estimate of drug-likeness (QED) is 0.865. The molecule has 1 fully saturated rings. The number of aromatic nitrogens is 1. The average molecular weight is 380 g/mol. The van der Waals surface area contributed by atoms with Gasteiger partial charge in [0.05, 0.1) is 17.3 Å². The first-order valence-electron chi connectivity index (χ1n) is 7.96. The summed E-state index contributed by atoms with van der Waals surface area (Å²) in [6.07, 6.45) is 3.31. The molecule has 1 N–H and O–H groups in total. The maximum absolute atomic E-state index is 12.7. The highest BCUT2D eigenvalue weighted by molar-refractivity contribution is 7.89. The van der Waals surface area contributed by atoms with Crippen LogP contribution in [0.1, 0.15) is 28.9 Å². The van der Waals surface area contributed by atoms with Crippen molar-refractivity contribution >= 4 is 27.5 Å². The normalized spacial score (nSPS) is 15.2. The smallest absolute Gasteiger partial charge is 0.251 e. The Balaban J connectivity index is 1.80. The second-order valence-corrected chi connectivity index (χ2v) is 8.07. The van der Waals surface area contributed by atoms with Crippen molar-refractivity contribution in [3.63, 3.8) is 0 Å². The maximum atomic E-state index is 12.7. The van der Waals surface area contributed by atoms with Gasteiger partial charge in [-0.2, -0.15) is 4.31 Å². The molecule has 0 atom stereocenters. The summed E-state index contributed by atoms with van der Waals surface area (Å²) in [6.45, 7) is 1.22. The average Bonchev–Trinajstić information content (AvgIpc) is 3.16. The number of carbonyl (C=O) groups is 1. The lowest BCUT2D eigenvalue weighted by atomic mass is 10.2. The molecule has 8 heteroatoms. The van der Waals surface area contributed by atoms with Crippen LogP contribution < -0.4 is 5.32 Å². The van der Waals surface area contributed by atoms with E-state index in [-0.39, 0.29) is 27.9 Å². The van der Waals surface area contributed by atoms with E-state index in [0.29, 0.717) is 13.1 Å². The number of sulfonamides is 1. The summed E-state index contributed by atoms with van der Waals surface area (Å²) in [6, 6.07) is 9.71. The van der Waals surface area contributed by atoms with Gasteiger partial charge in [0.15, 0.2) is 0 Å². The predicted octanol–water partition coefficient (Wildman–Crippen LogP) is 2.45. The van der Waals surface area contributed by atoms with E-state index in [9.17, 15) is 13.2 Å². The van der Waals surface area contributed by atoms with E-state index < -0.39 is 10.0 Å². The van der Waals surface area contributed by atoms with Gasteiger partial charge in [0, 0.05) is 24.8 Å². The number of nitrogens with one attached hydrogen (secondary N) is 1. The number of benzene rings is 1. The summed E-state index contributed by atoms with van der Waals surface area (Å²) in [5, 5.41) is 2.85. The van der Waals surface area contributed by atoms with E-state index in [0.717, 1.165) is 18.5 Å². The van der Waals surface area contributed by atoms with Gasteiger partial charge in [0.2, 0.25) is 10.0 Å². The van der Waals surface area contributed by atoms with E-state index in [1.807, 2.05) is 6.07 Å². The zero-order valence-electron chi connectivity index (χ0n) is 13.5. The lowest BCUT2D eigenvalue weighted by molar-refractivity contribution is 0.0950. The van der Waals surface area contributed by atoms with Gasteiger partial charge in [-0.25, -0.2) is 8.42 Å². The molecule has 1 aromatic carbocycles. The molecule has 6 nitrogen and oxygen atoms in total. The Bertz CT molecular complexity index is 866. The molecule has 1 aliphatic rings. The lowest BCUT2D eigenvalue weighted by Gasteiger charge is -2.17. The van der Waals surface area contributed by atoms with Crippen LogP contribution in [-0.2, 0) is 16.6 Å². The van der Waals surface area contributed by atoms with Gasteiger partial charge in [0.1, 0.15) is 4.90 Å². The standard InChI is InChI=1S/C17H18ClN3O3S/c18-15-7-6-13(17(22)20-12-14-5-1-2-8-19-14)11-16(15)25(23,24)21-9-3-4-10-21/h1-2,5-8,11H,3-4,9-10,12H2,(H,20,22). The topological polar surface area (TPSA) is 79.4 Å². The molecule has 0 radical (unpaired) electrons. The molecule has 1 saturated heterocycles. The summed E-state index contributed by atoms with van der Waals surface area (Å²) < 4.78 is 26.8. The molecule has 3 rings (SSSR count). The molecule has 0 unspecified atom stereocenters. The Morgan fingerprint density at radius 3 is 2.64 bits per heavy atom. The van der Waals surface area contributed by atoms with Crippen molar-refractivity contribution in [2.24, 2.45) is 0 Å². The summed E-state index contributed by atoms with van der Waals surface area (Å²) >= 11 is 6.09. The monoisotopic (exact) mass is 379 g/mol. The van der Waals surface area contributed by atoms with Gasteiger partial charge in [0.25, 0.3) is 5.91 Å². The fraction of sp³-hybridized carbons (Fsp3) is 0.294. The Labute approximate surface area is 151 Å². The first-order valence-corrected chi connectivity index (χ1v) is 9.78. The summed E-state index contributed by atoms with van der Waals surface area (Å²) in [7, 11) is -3.68. The highest BCUT2D eigenvalue weighted by atomic mass is 35.5. The number of halogens is 1. The molecule has 132 valence electrons. The Hall–Kier alpha value is -1.96. The van der Waals surface area contributed by atoms with E-state index in [2.05, 4.69) is 10.3 Å². The third kappa shape index (κ3) is 4.00. The minimum atomic E-state index is -3.68. The van der Waals surface area contributed by atoms with Gasteiger partial charge < -0.3 is 5.32 Å². The third-order valence-corrected chi connectivity index (χ3v) is 6.41. The maximum Gasteiger partial charge on any atom is 0.251 e. The highest BCUT2D eigenvalue weighted by Crippen LogP contribution is 2.28. The molecule has 25 heavy (non-hydrogen) atoms. The molecule has 1 aliphatic heterocycles. The fourth-order valence-corrected chi connectivity index (χ4v) is 4.70. The first kappa shape index (κ1) is 17.8. The highest BCUT2D eigenvalue weighted by Gasteiger charge is 2.29. The van der Waals surface area contributed by atoms with Crippen LogP contribution in [-0.4, -0.2) is 36.7 Å².